The third kappa shape index (κ3) is 11.7. The number of hydrogen-bond donors (Lipinski definition) is 0. The van der Waals surface area contributed by atoms with Crippen LogP contribution in [0.1, 0.15) is 12.8 Å². The number of allylic oxidation sites excluding steroid dienone is 4. The Morgan fingerprint density at radius 1 is 0.769 bits per heavy atom. The average molecular weight is 308 g/mol. The first kappa shape index (κ1) is 12.7. The molecular formula is C10H12Br2O. The molecule has 0 radical (unpaired) electrons. The molecule has 0 amide bonds. The molecule has 1 nitrogen and oxygen atoms in total. The third-order valence-corrected chi connectivity index (χ3v) is 1.82. The molecule has 0 N–H and O–H groups in total. The quantitative estimate of drug-likeness (QED) is 0.650. The summed E-state index contributed by atoms with van der Waals surface area (Å²) in [4.78, 5) is 3.65. The van der Waals surface area contributed by atoms with E-state index in [0.29, 0.717) is 0 Å². The molecule has 0 aromatic heterocycles. The molecule has 0 saturated carbocycles. The topological polar surface area (TPSA) is 9.23 Å². The Labute approximate surface area is 96.1 Å². The lowest BCUT2D eigenvalue weighted by Crippen LogP contribution is -1.65. The fourth-order valence-corrected chi connectivity index (χ4v) is 0.959. The van der Waals surface area contributed by atoms with Gasteiger partial charge in [-0.15, -0.1) is 0 Å². The second-order valence-electron chi connectivity index (χ2n) is 2.07. The molecule has 0 aliphatic heterocycles. The minimum Gasteiger partial charge on any atom is -0.473 e. The van der Waals surface area contributed by atoms with Crippen molar-refractivity contribution in [3.8, 4) is 0 Å². The van der Waals surface area contributed by atoms with Crippen molar-refractivity contribution in [3.63, 3.8) is 0 Å². The lowest BCUT2D eigenvalue weighted by molar-refractivity contribution is 0.400. The maximum absolute atomic E-state index is 5.07. The minimum absolute atomic E-state index is 0.875. The third-order valence-electron chi connectivity index (χ3n) is 1.07. The van der Waals surface area contributed by atoms with Gasteiger partial charge in [-0.1, -0.05) is 44.0 Å². The lowest BCUT2D eigenvalue weighted by Gasteiger charge is -1.87. The fraction of sp³-hybridized carbons (Fsp3) is 0.200. The zero-order valence-electron chi connectivity index (χ0n) is 7.20. The van der Waals surface area contributed by atoms with Crippen LogP contribution in [-0.2, 0) is 4.74 Å². The molecule has 3 heteroatoms. The van der Waals surface area contributed by atoms with Gasteiger partial charge in [-0.25, -0.2) is 0 Å². The maximum atomic E-state index is 5.07. The molecule has 0 aliphatic rings. The van der Waals surface area contributed by atoms with Gasteiger partial charge >= 0.3 is 0 Å². The Morgan fingerprint density at radius 2 is 1.23 bits per heavy atom. The first-order valence-electron chi connectivity index (χ1n) is 3.87. The van der Waals surface area contributed by atoms with Crippen LogP contribution in [0.25, 0.3) is 0 Å². The van der Waals surface area contributed by atoms with Gasteiger partial charge in [0.1, 0.15) is 0 Å². The standard InChI is InChI=1S/C10H12Br2O/c11-7-3-1-5-9-13-10-6-2-4-8-12/h3-10H,1-2H2. The van der Waals surface area contributed by atoms with E-state index in [0.717, 1.165) is 12.8 Å². The molecular weight excluding hydrogens is 296 g/mol. The van der Waals surface area contributed by atoms with Crippen LogP contribution < -0.4 is 0 Å². The molecule has 0 aromatic carbocycles. The molecule has 72 valence electrons. The van der Waals surface area contributed by atoms with Crippen LogP contribution in [0.4, 0.5) is 0 Å². The summed E-state index contributed by atoms with van der Waals surface area (Å²) in [5.41, 5.74) is 0. The van der Waals surface area contributed by atoms with E-state index in [9.17, 15) is 0 Å². The first-order valence-corrected chi connectivity index (χ1v) is 5.71. The molecule has 0 spiro atoms. The van der Waals surface area contributed by atoms with Crippen LogP contribution in [0.3, 0.4) is 0 Å². The van der Waals surface area contributed by atoms with Gasteiger partial charge in [-0.2, -0.15) is 0 Å². The Kier molecular flexibility index (Phi) is 11.5. The Balaban J connectivity index is 3.32. The maximum Gasteiger partial charge on any atom is 0.0864 e. The van der Waals surface area contributed by atoms with Gasteiger partial charge in [0.25, 0.3) is 0 Å². The molecule has 0 aliphatic carbocycles. The monoisotopic (exact) mass is 306 g/mol. The number of rotatable bonds is 6. The molecule has 0 rings (SSSR count). The van der Waals surface area contributed by atoms with Gasteiger partial charge in [-0.05, 0) is 35.0 Å². The van der Waals surface area contributed by atoms with Crippen LogP contribution in [0.15, 0.2) is 46.8 Å². The fourth-order valence-electron chi connectivity index (χ4n) is 0.528. The zero-order chi connectivity index (χ0) is 9.78. The Hall–Kier alpha value is -0.280. The zero-order valence-corrected chi connectivity index (χ0v) is 10.4. The van der Waals surface area contributed by atoms with Gasteiger partial charge in [0.05, 0.1) is 12.5 Å². The average Bonchev–Trinajstić information content (AvgIpc) is 2.16. The SMILES string of the molecule is BrC=CCC=COC=CCC=CBr. The van der Waals surface area contributed by atoms with Crippen LogP contribution in [0.5, 0.6) is 0 Å². The van der Waals surface area contributed by atoms with Crippen LogP contribution in [0.2, 0.25) is 0 Å². The summed E-state index contributed by atoms with van der Waals surface area (Å²) in [5, 5.41) is 0. The molecule has 0 bridgehead atoms. The molecule has 13 heavy (non-hydrogen) atoms. The van der Waals surface area contributed by atoms with Crippen LogP contribution in [0, 0.1) is 0 Å². The smallest absolute Gasteiger partial charge is 0.0864 e. The Bertz CT molecular complexity index is 183. The second-order valence-corrected chi connectivity index (χ2v) is 3.13. The highest BCUT2D eigenvalue weighted by atomic mass is 79.9. The molecule has 0 aromatic rings. The second kappa shape index (κ2) is 11.7. The summed E-state index contributed by atoms with van der Waals surface area (Å²) in [7, 11) is 0. The highest BCUT2D eigenvalue weighted by molar-refractivity contribution is 9.11. The predicted molar refractivity (Wildman–Crippen MR) is 64.7 cm³/mol. The summed E-state index contributed by atoms with van der Waals surface area (Å²) in [5.74, 6) is 0. The van der Waals surface area contributed by atoms with Crippen molar-refractivity contribution in [1.82, 2.24) is 0 Å². The predicted octanol–water partition coefficient (Wildman–Crippen LogP) is 4.63. The van der Waals surface area contributed by atoms with Gasteiger partial charge in [0, 0.05) is 0 Å². The van der Waals surface area contributed by atoms with Gasteiger partial charge in [-0.3, -0.25) is 0 Å². The number of hydrogen-bond acceptors (Lipinski definition) is 1. The van der Waals surface area contributed by atoms with E-state index in [1.807, 2.05) is 34.3 Å². The van der Waals surface area contributed by atoms with Crippen molar-refractivity contribution in [2.24, 2.45) is 0 Å². The van der Waals surface area contributed by atoms with Gasteiger partial charge in [0.2, 0.25) is 0 Å². The first-order chi connectivity index (χ1) is 6.41. The summed E-state index contributed by atoms with van der Waals surface area (Å²) in [6.45, 7) is 0. The van der Waals surface area contributed by atoms with E-state index in [-0.39, 0.29) is 0 Å². The van der Waals surface area contributed by atoms with Crippen LogP contribution in [-0.4, -0.2) is 0 Å². The molecule has 0 saturated heterocycles. The van der Waals surface area contributed by atoms with E-state index in [1.54, 1.807) is 12.5 Å². The Morgan fingerprint density at radius 3 is 1.62 bits per heavy atom. The van der Waals surface area contributed by atoms with Crippen molar-refractivity contribution in [2.75, 3.05) is 0 Å². The number of halogens is 2. The van der Waals surface area contributed by atoms with E-state index < -0.39 is 0 Å². The molecule has 0 unspecified atom stereocenters. The molecule has 0 heterocycles. The molecule has 0 fully saturated rings. The van der Waals surface area contributed by atoms with Crippen LogP contribution >= 0.6 is 31.9 Å². The van der Waals surface area contributed by atoms with Crippen molar-refractivity contribution in [2.45, 2.75) is 12.8 Å². The summed E-state index contributed by atoms with van der Waals surface area (Å²) >= 11 is 6.36. The normalized spacial score (nSPS) is 12.8. The van der Waals surface area contributed by atoms with E-state index in [1.165, 1.54) is 0 Å². The van der Waals surface area contributed by atoms with Crippen molar-refractivity contribution in [3.05, 3.63) is 46.8 Å². The number of ether oxygens (including phenoxy) is 1. The molecule has 0 atom stereocenters. The van der Waals surface area contributed by atoms with E-state index in [2.05, 4.69) is 31.9 Å². The van der Waals surface area contributed by atoms with Crippen molar-refractivity contribution >= 4 is 31.9 Å². The lowest BCUT2D eigenvalue weighted by atomic mass is 10.4. The summed E-state index contributed by atoms with van der Waals surface area (Å²) in [6, 6.07) is 0. The minimum atomic E-state index is 0.875. The summed E-state index contributed by atoms with van der Waals surface area (Å²) in [6.07, 6.45) is 12.9. The van der Waals surface area contributed by atoms with Crippen molar-refractivity contribution in [1.29, 1.82) is 0 Å². The van der Waals surface area contributed by atoms with E-state index >= 15 is 0 Å². The highest BCUT2D eigenvalue weighted by Gasteiger charge is 1.71. The largest absolute Gasteiger partial charge is 0.473 e. The highest BCUT2D eigenvalue weighted by Crippen LogP contribution is 1.93. The summed E-state index contributed by atoms with van der Waals surface area (Å²) < 4.78 is 5.07. The van der Waals surface area contributed by atoms with E-state index in [4.69, 9.17) is 4.74 Å². The van der Waals surface area contributed by atoms with Gasteiger partial charge < -0.3 is 4.74 Å². The van der Waals surface area contributed by atoms with Crippen molar-refractivity contribution < 1.29 is 4.74 Å². The van der Waals surface area contributed by atoms with Gasteiger partial charge in [0.15, 0.2) is 0 Å².